The number of alkyl halides is 3. The van der Waals surface area contributed by atoms with E-state index in [1.807, 2.05) is 0 Å². The lowest BCUT2D eigenvalue weighted by Gasteiger charge is -2.24. The first-order valence-electron chi connectivity index (χ1n) is 10.7. The minimum absolute atomic E-state index is 0.0592. The molecule has 0 bridgehead atoms. The Labute approximate surface area is 178 Å². The van der Waals surface area contributed by atoms with Crippen LogP contribution in [0.1, 0.15) is 53.7 Å². The predicted molar refractivity (Wildman–Crippen MR) is 111 cm³/mol. The van der Waals surface area contributed by atoms with Crippen molar-refractivity contribution in [3.8, 4) is 11.3 Å². The third-order valence-electron chi connectivity index (χ3n) is 5.95. The molecule has 7 nitrogen and oxygen atoms in total. The number of amides is 1. The molecule has 1 atom stereocenters. The largest absolute Gasteiger partial charge is 0.419 e. The van der Waals surface area contributed by atoms with Crippen molar-refractivity contribution in [3.05, 3.63) is 29.2 Å². The highest BCUT2D eigenvalue weighted by molar-refractivity contribution is 5.96. The van der Waals surface area contributed by atoms with Crippen LogP contribution < -0.4 is 10.6 Å². The molecule has 0 spiro atoms. The van der Waals surface area contributed by atoms with Crippen LogP contribution in [0.3, 0.4) is 0 Å². The lowest BCUT2D eigenvalue weighted by molar-refractivity contribution is -0.137. The summed E-state index contributed by atoms with van der Waals surface area (Å²) >= 11 is 0. The average Bonchev–Trinajstić information content (AvgIpc) is 3.17. The molecule has 1 fully saturated rings. The van der Waals surface area contributed by atoms with Gasteiger partial charge in [0.2, 0.25) is 5.95 Å². The summed E-state index contributed by atoms with van der Waals surface area (Å²) in [6.07, 6.45) is 2.66. The van der Waals surface area contributed by atoms with E-state index in [1.165, 1.54) is 6.20 Å². The molecule has 2 aliphatic rings. The summed E-state index contributed by atoms with van der Waals surface area (Å²) in [5.74, 6) is -0.0458. The van der Waals surface area contributed by atoms with E-state index >= 15 is 0 Å². The minimum atomic E-state index is -4.61. The molecule has 0 aliphatic carbocycles. The van der Waals surface area contributed by atoms with Gasteiger partial charge in [0.25, 0.3) is 5.91 Å². The molecule has 4 rings (SSSR count). The van der Waals surface area contributed by atoms with Gasteiger partial charge in [-0.1, -0.05) is 6.42 Å². The molecule has 2 aromatic heterocycles. The van der Waals surface area contributed by atoms with Crippen molar-refractivity contribution in [1.29, 1.82) is 0 Å². The lowest BCUT2D eigenvalue weighted by Crippen LogP contribution is -2.38. The maximum Gasteiger partial charge on any atom is 0.419 e. The first kappa shape index (κ1) is 21.6. The second kappa shape index (κ2) is 8.86. The van der Waals surface area contributed by atoms with Gasteiger partial charge >= 0.3 is 6.18 Å². The van der Waals surface area contributed by atoms with E-state index in [0.717, 1.165) is 44.8 Å². The number of hydrogen-bond donors (Lipinski definition) is 3. The number of fused-ring (bicyclic) bond motifs is 1. The molecule has 1 saturated heterocycles. The second-order valence-corrected chi connectivity index (χ2v) is 8.23. The SMILES string of the molecule is CN1CCCCCc2c(-c3nc(NC4CCCNC4)ncc3C(F)(F)F)c[nH]c2C1=O. The summed E-state index contributed by atoms with van der Waals surface area (Å²) in [5, 5.41) is 6.41. The molecule has 2 aliphatic heterocycles. The van der Waals surface area contributed by atoms with Gasteiger partial charge in [-0.2, -0.15) is 13.2 Å². The van der Waals surface area contributed by atoms with E-state index < -0.39 is 11.7 Å². The highest BCUT2D eigenvalue weighted by Gasteiger charge is 2.37. The van der Waals surface area contributed by atoms with Crippen molar-refractivity contribution in [2.75, 3.05) is 32.0 Å². The van der Waals surface area contributed by atoms with Crippen molar-refractivity contribution >= 4 is 11.9 Å². The zero-order valence-corrected chi connectivity index (χ0v) is 17.5. The van der Waals surface area contributed by atoms with E-state index in [0.29, 0.717) is 36.3 Å². The van der Waals surface area contributed by atoms with Gasteiger partial charge in [-0.3, -0.25) is 4.79 Å². The number of aromatic nitrogens is 3. The average molecular weight is 436 g/mol. The van der Waals surface area contributed by atoms with Gasteiger partial charge in [-0.25, -0.2) is 9.97 Å². The van der Waals surface area contributed by atoms with Gasteiger partial charge in [0.15, 0.2) is 0 Å². The summed E-state index contributed by atoms with van der Waals surface area (Å²) in [7, 11) is 1.71. The highest BCUT2D eigenvalue weighted by Crippen LogP contribution is 2.38. The van der Waals surface area contributed by atoms with Crippen LogP contribution in [0.15, 0.2) is 12.4 Å². The number of nitrogens with zero attached hydrogens (tertiary/aromatic N) is 3. The maximum atomic E-state index is 13.8. The highest BCUT2D eigenvalue weighted by atomic mass is 19.4. The number of H-pyrrole nitrogens is 1. The number of piperidine rings is 1. The van der Waals surface area contributed by atoms with Crippen molar-refractivity contribution in [3.63, 3.8) is 0 Å². The van der Waals surface area contributed by atoms with Crippen LogP contribution >= 0.6 is 0 Å². The van der Waals surface area contributed by atoms with Crippen LogP contribution in [-0.4, -0.2) is 58.5 Å². The van der Waals surface area contributed by atoms with Crippen molar-refractivity contribution < 1.29 is 18.0 Å². The number of anilines is 1. The predicted octanol–water partition coefficient (Wildman–Crippen LogP) is 3.45. The molecule has 0 aromatic carbocycles. The molecule has 1 unspecified atom stereocenters. The van der Waals surface area contributed by atoms with Gasteiger partial charge in [-0.15, -0.1) is 0 Å². The Hall–Kier alpha value is -2.62. The first-order chi connectivity index (χ1) is 14.8. The molecule has 3 N–H and O–H groups in total. The molecule has 0 radical (unpaired) electrons. The molecule has 0 saturated carbocycles. The molecule has 168 valence electrons. The summed E-state index contributed by atoms with van der Waals surface area (Å²) in [5.41, 5.74) is 0.159. The maximum absolute atomic E-state index is 13.8. The summed E-state index contributed by atoms with van der Waals surface area (Å²) in [6, 6.07) is 0.0592. The monoisotopic (exact) mass is 436 g/mol. The van der Waals surface area contributed by atoms with E-state index in [4.69, 9.17) is 0 Å². The summed E-state index contributed by atoms with van der Waals surface area (Å²) in [6.45, 7) is 2.26. The van der Waals surface area contributed by atoms with Crippen LogP contribution in [0.25, 0.3) is 11.3 Å². The molecular formula is C21H27F3N6O. The first-order valence-corrected chi connectivity index (χ1v) is 10.7. The molecule has 4 heterocycles. The summed E-state index contributed by atoms with van der Waals surface area (Å²) < 4.78 is 41.4. The molecule has 2 aromatic rings. The number of nitrogens with one attached hydrogen (secondary N) is 3. The summed E-state index contributed by atoms with van der Waals surface area (Å²) in [4.78, 5) is 25.6. The van der Waals surface area contributed by atoms with Crippen molar-refractivity contribution in [2.45, 2.75) is 50.7 Å². The van der Waals surface area contributed by atoms with Gasteiger partial charge in [0, 0.05) is 44.1 Å². The van der Waals surface area contributed by atoms with Gasteiger partial charge in [0.1, 0.15) is 11.3 Å². The van der Waals surface area contributed by atoms with Crippen LogP contribution in [0.5, 0.6) is 0 Å². The second-order valence-electron chi connectivity index (χ2n) is 8.23. The Morgan fingerprint density at radius 1 is 1.23 bits per heavy atom. The molecule has 10 heteroatoms. The third-order valence-corrected chi connectivity index (χ3v) is 5.95. The molecular weight excluding hydrogens is 409 g/mol. The van der Waals surface area contributed by atoms with E-state index in [1.54, 1.807) is 11.9 Å². The fraction of sp³-hybridized carbons (Fsp3) is 0.571. The number of carbonyl (C=O) groups excluding carboxylic acids is 1. The fourth-order valence-electron chi connectivity index (χ4n) is 4.26. The smallest absolute Gasteiger partial charge is 0.356 e. The Bertz CT molecular complexity index is 936. The minimum Gasteiger partial charge on any atom is -0.356 e. The van der Waals surface area contributed by atoms with E-state index in [9.17, 15) is 18.0 Å². The molecule has 1 amide bonds. The van der Waals surface area contributed by atoms with Crippen LogP contribution in [0, 0.1) is 0 Å². The molecule has 31 heavy (non-hydrogen) atoms. The third kappa shape index (κ3) is 4.68. The van der Waals surface area contributed by atoms with Crippen LogP contribution in [0.2, 0.25) is 0 Å². The Morgan fingerprint density at radius 2 is 2.06 bits per heavy atom. The standard InChI is InChI=1S/C21H27F3N6O/c1-30-9-4-2-3-7-14-15(11-26-18(14)19(30)31)17-16(21(22,23)24)12-27-20(29-17)28-13-6-5-8-25-10-13/h11-13,25-26H,2-10H2,1H3,(H,27,28,29). The van der Waals surface area contributed by atoms with Crippen molar-refractivity contribution in [2.24, 2.45) is 0 Å². The fourth-order valence-corrected chi connectivity index (χ4v) is 4.26. The Morgan fingerprint density at radius 3 is 2.81 bits per heavy atom. The quantitative estimate of drug-likeness (QED) is 0.686. The van der Waals surface area contributed by atoms with Gasteiger partial charge in [-0.05, 0) is 44.2 Å². The van der Waals surface area contributed by atoms with E-state index in [2.05, 4.69) is 25.6 Å². The topological polar surface area (TPSA) is 85.9 Å². The number of carbonyl (C=O) groups is 1. The number of hydrogen-bond acceptors (Lipinski definition) is 5. The van der Waals surface area contributed by atoms with Crippen molar-refractivity contribution in [1.82, 2.24) is 25.2 Å². The zero-order chi connectivity index (χ0) is 22.0. The number of rotatable bonds is 3. The van der Waals surface area contributed by atoms with Gasteiger partial charge in [0.05, 0.1) is 5.69 Å². The lowest BCUT2D eigenvalue weighted by atomic mass is 9.99. The zero-order valence-electron chi connectivity index (χ0n) is 17.5. The van der Waals surface area contributed by atoms with Crippen LogP contribution in [-0.2, 0) is 12.6 Å². The van der Waals surface area contributed by atoms with Crippen LogP contribution in [0.4, 0.5) is 19.1 Å². The Balaban J connectivity index is 1.76. The normalized spacial score (nSPS) is 20.6. The van der Waals surface area contributed by atoms with E-state index in [-0.39, 0.29) is 23.6 Å². The Kier molecular flexibility index (Phi) is 6.17. The number of aromatic amines is 1. The van der Waals surface area contributed by atoms with Gasteiger partial charge < -0.3 is 20.5 Å². The number of halogens is 3.